The second kappa shape index (κ2) is 9.19. The van der Waals surface area contributed by atoms with Crippen LogP contribution in [0.25, 0.3) is 10.8 Å². The lowest BCUT2D eigenvalue weighted by Crippen LogP contribution is -2.46. The third kappa shape index (κ3) is 4.31. The molecule has 150 valence electrons. The quantitative estimate of drug-likeness (QED) is 0.535. The van der Waals surface area contributed by atoms with E-state index in [1.165, 1.54) is 60.1 Å². The van der Waals surface area contributed by atoms with Gasteiger partial charge in [-0.1, -0.05) is 23.4 Å². The number of nitrogens with zero attached hydrogens (tertiary/aromatic N) is 2. The third-order valence-electron chi connectivity index (χ3n) is 6.08. The zero-order chi connectivity index (χ0) is 19.3. The molecule has 28 heavy (non-hydrogen) atoms. The second-order valence-electron chi connectivity index (χ2n) is 7.76. The molecule has 2 heterocycles. The topological polar surface area (TPSA) is 34.1 Å². The summed E-state index contributed by atoms with van der Waals surface area (Å²) in [7, 11) is 3.36. The van der Waals surface area contributed by atoms with Crippen LogP contribution in [0, 0.1) is 5.92 Å². The molecular weight excluding hydrogens is 368 g/mol. The second-order valence-corrected chi connectivity index (χ2v) is 8.99. The van der Waals surface area contributed by atoms with Crippen LogP contribution in [0.5, 0.6) is 5.75 Å². The van der Waals surface area contributed by atoms with Crippen LogP contribution < -0.4 is 4.74 Å². The van der Waals surface area contributed by atoms with Gasteiger partial charge < -0.3 is 9.57 Å². The number of benzene rings is 2. The number of likely N-dealkylation sites (tertiary alicyclic amines) is 1. The molecule has 1 unspecified atom stereocenters. The minimum absolute atomic E-state index is 0.430. The maximum Gasteiger partial charge on any atom is 0.119 e. The Bertz CT molecular complexity index is 832. The van der Waals surface area contributed by atoms with Crippen LogP contribution in [0.4, 0.5) is 0 Å². The van der Waals surface area contributed by atoms with Gasteiger partial charge in [-0.2, -0.15) is 11.8 Å². The van der Waals surface area contributed by atoms with Gasteiger partial charge in [0.25, 0.3) is 0 Å². The summed E-state index contributed by atoms with van der Waals surface area (Å²) >= 11 is 2.10. The number of hydrogen-bond acceptors (Lipinski definition) is 5. The van der Waals surface area contributed by atoms with E-state index >= 15 is 0 Å². The number of fused-ring (bicyclic) bond motifs is 1. The average Bonchev–Trinajstić information content (AvgIpc) is 2.77. The van der Waals surface area contributed by atoms with Crippen LogP contribution in [0.3, 0.4) is 0 Å². The van der Waals surface area contributed by atoms with Crippen LogP contribution in [-0.4, -0.2) is 55.5 Å². The van der Waals surface area contributed by atoms with Crippen molar-refractivity contribution in [1.29, 1.82) is 0 Å². The molecule has 0 radical (unpaired) electrons. The fraction of sp³-hybridized carbons (Fsp3) is 0.522. The Balaban J connectivity index is 1.58. The molecule has 2 aliphatic rings. The predicted octanol–water partition coefficient (Wildman–Crippen LogP) is 4.81. The zero-order valence-corrected chi connectivity index (χ0v) is 17.7. The highest BCUT2D eigenvalue weighted by atomic mass is 32.2. The molecule has 0 N–H and O–H groups in total. The van der Waals surface area contributed by atoms with Gasteiger partial charge in [-0.05, 0) is 72.7 Å². The number of ether oxygens (including phenoxy) is 1. The largest absolute Gasteiger partial charge is 0.497 e. The number of oxime groups is 1. The Morgan fingerprint density at radius 2 is 1.82 bits per heavy atom. The Hall–Kier alpha value is -1.72. The van der Waals surface area contributed by atoms with Crippen molar-refractivity contribution >= 4 is 28.2 Å². The van der Waals surface area contributed by atoms with E-state index in [0.29, 0.717) is 5.92 Å². The number of piperidine rings is 1. The summed E-state index contributed by atoms with van der Waals surface area (Å²) in [5, 5.41) is 6.89. The summed E-state index contributed by atoms with van der Waals surface area (Å²) in [4.78, 5) is 8.00. The molecular formula is C23H30N2O2S. The van der Waals surface area contributed by atoms with Crippen molar-refractivity contribution in [2.24, 2.45) is 11.1 Å². The molecule has 0 spiro atoms. The summed E-state index contributed by atoms with van der Waals surface area (Å²) in [5.41, 5.74) is 2.26. The summed E-state index contributed by atoms with van der Waals surface area (Å²) in [6, 6.07) is 13.5. The van der Waals surface area contributed by atoms with Crippen molar-refractivity contribution in [1.82, 2.24) is 4.90 Å². The molecule has 2 aromatic carbocycles. The molecule has 0 aliphatic carbocycles. The van der Waals surface area contributed by atoms with E-state index in [-0.39, 0.29) is 0 Å². The van der Waals surface area contributed by atoms with Crippen molar-refractivity contribution in [2.75, 3.05) is 38.8 Å². The van der Waals surface area contributed by atoms with Crippen LogP contribution in [0.2, 0.25) is 0 Å². The minimum Gasteiger partial charge on any atom is -0.497 e. The molecule has 0 bridgehead atoms. The fourth-order valence-corrected chi connectivity index (χ4v) is 5.66. The lowest BCUT2D eigenvalue weighted by Gasteiger charge is -2.40. The first-order chi connectivity index (χ1) is 13.8. The minimum atomic E-state index is 0.430. The maximum absolute atomic E-state index is 5.35. The molecule has 4 rings (SSSR count). The van der Waals surface area contributed by atoms with Crippen LogP contribution in [-0.2, 0) is 4.84 Å². The summed E-state index contributed by atoms with van der Waals surface area (Å²) in [6.45, 7) is 2.32. The molecule has 0 amide bonds. The van der Waals surface area contributed by atoms with Gasteiger partial charge in [0, 0.05) is 24.1 Å². The van der Waals surface area contributed by atoms with Gasteiger partial charge in [0.2, 0.25) is 0 Å². The van der Waals surface area contributed by atoms with Gasteiger partial charge in [-0.3, -0.25) is 4.90 Å². The highest BCUT2D eigenvalue weighted by Crippen LogP contribution is 2.30. The van der Waals surface area contributed by atoms with Crippen molar-refractivity contribution in [3.63, 3.8) is 0 Å². The van der Waals surface area contributed by atoms with Gasteiger partial charge in [0.1, 0.15) is 12.9 Å². The van der Waals surface area contributed by atoms with E-state index in [0.717, 1.165) is 24.0 Å². The van der Waals surface area contributed by atoms with Crippen molar-refractivity contribution < 1.29 is 9.57 Å². The van der Waals surface area contributed by atoms with Crippen LogP contribution >= 0.6 is 11.8 Å². The fourth-order valence-electron chi connectivity index (χ4n) is 4.58. The molecule has 0 aromatic heterocycles. The number of methoxy groups -OCH3 is 1. The van der Waals surface area contributed by atoms with E-state index in [1.807, 2.05) is 6.07 Å². The molecule has 2 saturated heterocycles. The molecule has 0 saturated carbocycles. The van der Waals surface area contributed by atoms with Crippen molar-refractivity contribution in [2.45, 2.75) is 31.7 Å². The standard InChI is InChI=1S/C23H30N2O2S/c1-26-22-8-7-17-14-19(6-5-18(17)15-22)23(24-27-2)20-4-3-11-25(16-20)21-9-12-28-13-10-21/h5-8,14-15,20-21H,3-4,9-13,16H2,1-2H3/b24-23-. The molecule has 2 aliphatic heterocycles. The van der Waals surface area contributed by atoms with Gasteiger partial charge in [-0.25, -0.2) is 0 Å². The first kappa shape index (κ1) is 19.6. The van der Waals surface area contributed by atoms with E-state index in [9.17, 15) is 0 Å². The van der Waals surface area contributed by atoms with Crippen molar-refractivity contribution in [3.05, 3.63) is 42.0 Å². The van der Waals surface area contributed by atoms with Crippen LogP contribution in [0.15, 0.2) is 41.6 Å². The number of thioether (sulfide) groups is 1. The smallest absolute Gasteiger partial charge is 0.119 e. The molecule has 5 heteroatoms. The number of rotatable bonds is 5. The average molecular weight is 399 g/mol. The van der Waals surface area contributed by atoms with E-state index in [1.54, 1.807) is 14.2 Å². The monoisotopic (exact) mass is 398 g/mol. The molecule has 2 fully saturated rings. The third-order valence-corrected chi connectivity index (χ3v) is 7.13. The highest BCUT2D eigenvalue weighted by Gasteiger charge is 2.30. The normalized spacial score (nSPS) is 22.4. The predicted molar refractivity (Wildman–Crippen MR) is 119 cm³/mol. The van der Waals surface area contributed by atoms with E-state index in [4.69, 9.17) is 9.57 Å². The van der Waals surface area contributed by atoms with Crippen molar-refractivity contribution in [3.8, 4) is 5.75 Å². The van der Waals surface area contributed by atoms with Gasteiger partial charge in [-0.15, -0.1) is 0 Å². The van der Waals surface area contributed by atoms with Gasteiger partial charge >= 0.3 is 0 Å². The van der Waals surface area contributed by atoms with E-state index in [2.05, 4.69) is 52.1 Å². The number of hydrogen-bond donors (Lipinski definition) is 0. The Labute approximate surface area is 172 Å². The summed E-state index contributed by atoms with van der Waals surface area (Å²) in [5.74, 6) is 3.93. The highest BCUT2D eigenvalue weighted by molar-refractivity contribution is 7.99. The zero-order valence-electron chi connectivity index (χ0n) is 16.9. The maximum atomic E-state index is 5.35. The van der Waals surface area contributed by atoms with Gasteiger partial charge in [0.05, 0.1) is 12.8 Å². The summed E-state index contributed by atoms with van der Waals surface area (Å²) in [6.07, 6.45) is 5.07. The first-order valence-corrected chi connectivity index (χ1v) is 11.4. The Kier molecular flexibility index (Phi) is 6.43. The Morgan fingerprint density at radius 3 is 2.61 bits per heavy atom. The first-order valence-electron chi connectivity index (χ1n) is 10.3. The lowest BCUT2D eigenvalue weighted by molar-refractivity contribution is 0.134. The molecule has 1 atom stereocenters. The summed E-state index contributed by atoms with van der Waals surface area (Å²) < 4.78 is 5.35. The van der Waals surface area contributed by atoms with Crippen LogP contribution in [0.1, 0.15) is 31.2 Å². The Morgan fingerprint density at radius 1 is 1.04 bits per heavy atom. The SMILES string of the molecule is CO/N=C(/c1ccc2cc(OC)ccc2c1)C1CCCN(C2CCSCC2)C1. The van der Waals surface area contributed by atoms with Gasteiger partial charge in [0.15, 0.2) is 0 Å². The van der Waals surface area contributed by atoms with E-state index < -0.39 is 0 Å². The molecule has 2 aromatic rings. The molecule has 4 nitrogen and oxygen atoms in total. The lowest BCUT2D eigenvalue weighted by atomic mass is 9.87.